The number of hydrogen-bond acceptors (Lipinski definition) is 3. The molecular weight excluding hydrogens is 285 g/mol. The second kappa shape index (κ2) is 10.3. The van der Waals surface area contributed by atoms with E-state index in [2.05, 4.69) is 0 Å². The molecular formula is CH2BaO3Sr. The van der Waals surface area contributed by atoms with Gasteiger partial charge in [-0.25, -0.2) is 0 Å². The predicted molar refractivity (Wildman–Crippen MR) is 19.7 cm³/mol. The summed E-state index contributed by atoms with van der Waals surface area (Å²) in [4.78, 5) is 8.33. The van der Waals surface area contributed by atoms with Crippen molar-refractivity contribution < 1.29 is 15.0 Å². The molecule has 0 saturated heterocycles. The van der Waals surface area contributed by atoms with Crippen LogP contribution in [0, 0.1) is 0 Å². The van der Waals surface area contributed by atoms with Crippen LogP contribution in [0.25, 0.3) is 0 Å². The van der Waals surface area contributed by atoms with Crippen molar-refractivity contribution in [2.45, 2.75) is 0 Å². The molecule has 0 radical (unpaired) electrons. The average molecular weight is 287 g/mol. The zero-order valence-corrected chi connectivity index (χ0v) is 6.87. The molecule has 0 aromatic heterocycles. The fourth-order valence-corrected chi connectivity index (χ4v) is 0. The van der Waals surface area contributed by atoms with E-state index in [4.69, 9.17) is 15.0 Å². The Morgan fingerprint density at radius 1 is 1.33 bits per heavy atom. The van der Waals surface area contributed by atoms with E-state index in [0.29, 0.717) is 0 Å². The van der Waals surface area contributed by atoms with E-state index in [1.807, 2.05) is 0 Å². The molecule has 28 valence electrons. The Morgan fingerprint density at radius 2 is 1.33 bits per heavy atom. The molecule has 0 rings (SSSR count). The summed E-state index contributed by atoms with van der Waals surface area (Å²) < 4.78 is 0. The Balaban J connectivity index is -0.0000000450. The number of hydrogen-bond donors (Lipinski definition) is 0. The van der Waals surface area contributed by atoms with Crippen molar-refractivity contribution >= 4 is 101 Å². The zero-order chi connectivity index (χ0) is 3.58. The molecule has 0 heterocycles. The van der Waals surface area contributed by atoms with Crippen LogP contribution >= 0.6 is 0 Å². The van der Waals surface area contributed by atoms with Gasteiger partial charge in [0.2, 0.25) is 0 Å². The van der Waals surface area contributed by atoms with Gasteiger partial charge in [0.1, 0.15) is 0 Å². The van der Waals surface area contributed by atoms with Gasteiger partial charge in [-0.15, -0.1) is 0 Å². The predicted octanol–water partition coefficient (Wildman–Crippen LogP) is -3.74. The first-order chi connectivity index (χ1) is 1.73. The molecule has 5 heteroatoms. The molecule has 3 nitrogen and oxygen atoms in total. The van der Waals surface area contributed by atoms with Gasteiger partial charge in [0.05, 0.1) is 0 Å². The van der Waals surface area contributed by atoms with Crippen molar-refractivity contribution in [3.05, 3.63) is 0 Å². The van der Waals surface area contributed by atoms with Gasteiger partial charge in [-0.05, 0) is 6.16 Å². The van der Waals surface area contributed by atoms with Crippen LogP contribution in [0.3, 0.4) is 0 Å². The molecule has 0 aliphatic rings. The molecule has 0 saturated carbocycles. The summed E-state index contributed by atoms with van der Waals surface area (Å²) in [5, 5.41) is 16.7. The molecule has 0 aliphatic carbocycles. The van der Waals surface area contributed by atoms with Gasteiger partial charge in [-0.2, -0.15) is 0 Å². The van der Waals surface area contributed by atoms with Gasteiger partial charge < -0.3 is 15.0 Å². The van der Waals surface area contributed by atoms with E-state index < -0.39 is 6.16 Å². The van der Waals surface area contributed by atoms with Crippen LogP contribution in [0.15, 0.2) is 0 Å². The van der Waals surface area contributed by atoms with Gasteiger partial charge in [-0.3, -0.25) is 0 Å². The molecule has 0 bridgehead atoms. The van der Waals surface area contributed by atoms with Crippen molar-refractivity contribution in [2.24, 2.45) is 0 Å². The van der Waals surface area contributed by atoms with Crippen molar-refractivity contribution in [3.8, 4) is 0 Å². The quantitative estimate of drug-likeness (QED) is 0.430. The van der Waals surface area contributed by atoms with E-state index in [1.165, 1.54) is 0 Å². The summed E-state index contributed by atoms with van der Waals surface area (Å²) >= 11 is 0. The van der Waals surface area contributed by atoms with Crippen LogP contribution < -0.4 is 10.2 Å². The second-order valence-corrected chi connectivity index (χ2v) is 0.250. The maximum atomic E-state index is 8.33. The van der Waals surface area contributed by atoms with Crippen LogP contribution in [-0.4, -0.2) is 101 Å². The first-order valence-electron chi connectivity index (χ1n) is 0.612. The number of rotatable bonds is 0. The van der Waals surface area contributed by atoms with Crippen molar-refractivity contribution in [1.82, 2.24) is 0 Å². The van der Waals surface area contributed by atoms with Crippen molar-refractivity contribution in [3.63, 3.8) is 0 Å². The van der Waals surface area contributed by atoms with E-state index in [0.717, 1.165) is 0 Å². The molecule has 0 aliphatic heterocycles. The van der Waals surface area contributed by atoms with Crippen molar-refractivity contribution in [2.75, 3.05) is 0 Å². The normalized spacial score (nSPS) is 4.00. The van der Waals surface area contributed by atoms with Crippen LogP contribution in [-0.2, 0) is 0 Å². The van der Waals surface area contributed by atoms with Gasteiger partial charge in [0, 0.05) is 0 Å². The first-order valence-corrected chi connectivity index (χ1v) is 0.612. The molecule has 0 atom stereocenters. The van der Waals surface area contributed by atoms with E-state index in [9.17, 15) is 0 Å². The number of carboxylic acid groups (broad SMARTS) is 2. The Morgan fingerprint density at radius 3 is 1.33 bits per heavy atom. The molecule has 0 unspecified atom stereocenters. The Bertz CT molecular complexity index is 33.8. The summed E-state index contributed by atoms with van der Waals surface area (Å²) in [6, 6.07) is 0. The standard InChI is InChI=1S/CH2O3.Ba.Sr.2H/c2-1(3)4;;;;/h(H2,2,3,4);;;;/q;+2;;;/p-2. The fraction of sp³-hybridized carbons (Fsp3) is 0. The third-order valence-electron chi connectivity index (χ3n) is 0. The molecule has 0 amide bonds. The van der Waals surface area contributed by atoms with Crippen LogP contribution in [0.2, 0.25) is 0 Å². The van der Waals surface area contributed by atoms with Crippen LogP contribution in [0.5, 0.6) is 0 Å². The minimum atomic E-state index is -2.33. The topological polar surface area (TPSA) is 63.2 Å². The number of carbonyl (C=O) groups excluding carboxylic acids is 1. The summed E-state index contributed by atoms with van der Waals surface area (Å²) in [6.45, 7) is 0. The van der Waals surface area contributed by atoms with Gasteiger partial charge in [0.15, 0.2) is 0 Å². The summed E-state index contributed by atoms with van der Waals surface area (Å²) in [7, 11) is 0. The van der Waals surface area contributed by atoms with Crippen LogP contribution in [0.1, 0.15) is 0 Å². The van der Waals surface area contributed by atoms with Crippen LogP contribution in [0.4, 0.5) is 4.79 Å². The zero-order valence-electron chi connectivity index (χ0n) is 2.43. The first kappa shape index (κ1) is 15.8. The van der Waals surface area contributed by atoms with Crippen molar-refractivity contribution in [1.29, 1.82) is 0 Å². The Kier molecular flexibility index (Phi) is 27.1. The maximum absolute atomic E-state index is 8.33. The summed E-state index contributed by atoms with van der Waals surface area (Å²) in [5.41, 5.74) is 0. The van der Waals surface area contributed by atoms with E-state index >= 15 is 0 Å². The fourth-order valence-electron chi connectivity index (χ4n) is 0. The number of carbonyl (C=O) groups is 1. The van der Waals surface area contributed by atoms with Gasteiger partial charge in [0.25, 0.3) is 0 Å². The molecule has 0 spiro atoms. The molecule has 6 heavy (non-hydrogen) atoms. The molecule has 0 fully saturated rings. The summed E-state index contributed by atoms with van der Waals surface area (Å²) in [6.07, 6.45) is -2.33. The molecule has 0 aromatic carbocycles. The Hall–Kier alpha value is 2.32. The monoisotopic (exact) mass is 288 g/mol. The second-order valence-electron chi connectivity index (χ2n) is 0.250. The van der Waals surface area contributed by atoms with Gasteiger partial charge >= 0.3 is 94.4 Å². The van der Waals surface area contributed by atoms with E-state index in [1.54, 1.807) is 0 Å². The van der Waals surface area contributed by atoms with E-state index in [-0.39, 0.29) is 94.4 Å². The average Bonchev–Trinajstić information content (AvgIpc) is 0.811. The summed E-state index contributed by atoms with van der Waals surface area (Å²) in [5.74, 6) is 0. The third kappa shape index (κ3) is 33.2. The molecule has 0 aromatic rings. The minimum absolute atomic E-state index is 0. The Labute approximate surface area is 112 Å². The SMILES string of the molecule is O=C([O-])[O-].[Ba+2].[SrH2]. The molecule has 0 N–H and O–H groups in total. The van der Waals surface area contributed by atoms with Gasteiger partial charge in [-0.1, -0.05) is 0 Å². The third-order valence-corrected chi connectivity index (χ3v) is 0.